The van der Waals surface area contributed by atoms with Gasteiger partial charge in [0.05, 0.1) is 10.6 Å². The minimum absolute atomic E-state index is 0.0647. The molecule has 1 aromatic rings. The molecule has 17 heavy (non-hydrogen) atoms. The molecule has 1 aliphatic rings. The molecular weight excluding hydrogens is 236 g/mol. The second kappa shape index (κ2) is 4.96. The van der Waals surface area contributed by atoms with Crippen LogP contribution in [0, 0.1) is 5.92 Å². The Morgan fingerprint density at radius 3 is 2.76 bits per heavy atom. The highest BCUT2D eigenvalue weighted by molar-refractivity contribution is 6.34. The average molecular weight is 253 g/mol. The second-order valence-corrected chi connectivity index (χ2v) is 5.13. The van der Waals surface area contributed by atoms with Crippen molar-refractivity contribution in [1.82, 2.24) is 4.90 Å². The minimum Gasteiger partial charge on any atom is -0.385 e. The fourth-order valence-corrected chi connectivity index (χ4v) is 1.82. The molecule has 2 rings (SSSR count). The van der Waals surface area contributed by atoms with E-state index in [0.717, 1.165) is 18.2 Å². The summed E-state index contributed by atoms with van der Waals surface area (Å²) >= 11 is 6.03. The van der Waals surface area contributed by atoms with Crippen LogP contribution in [-0.4, -0.2) is 31.4 Å². The Bertz CT molecular complexity index is 427. The number of amides is 1. The smallest absolute Gasteiger partial charge is 0.254 e. The molecule has 0 radical (unpaired) electrons. The van der Waals surface area contributed by atoms with Gasteiger partial charge in [-0.25, -0.2) is 0 Å². The maximum absolute atomic E-state index is 11.9. The molecule has 0 spiro atoms. The number of carbonyl (C=O) groups excluding carboxylic acids is 1. The number of carbonyl (C=O) groups is 1. The Hall–Kier alpha value is -1.22. The van der Waals surface area contributed by atoms with Gasteiger partial charge in [0, 0.05) is 26.3 Å². The van der Waals surface area contributed by atoms with Gasteiger partial charge in [-0.05, 0) is 37.0 Å². The number of nitrogens with one attached hydrogen (secondary N) is 1. The number of hydrogen-bond donors (Lipinski definition) is 1. The van der Waals surface area contributed by atoms with Gasteiger partial charge >= 0.3 is 0 Å². The van der Waals surface area contributed by atoms with E-state index >= 15 is 0 Å². The molecule has 3 nitrogen and oxygen atoms in total. The van der Waals surface area contributed by atoms with E-state index in [9.17, 15) is 4.79 Å². The molecule has 1 fully saturated rings. The van der Waals surface area contributed by atoms with Crippen molar-refractivity contribution in [3.63, 3.8) is 0 Å². The van der Waals surface area contributed by atoms with Crippen molar-refractivity contribution in [2.75, 3.05) is 26.0 Å². The number of hydrogen-bond acceptors (Lipinski definition) is 2. The lowest BCUT2D eigenvalue weighted by Crippen LogP contribution is -2.22. The van der Waals surface area contributed by atoms with Gasteiger partial charge in [-0.1, -0.05) is 11.6 Å². The highest BCUT2D eigenvalue weighted by atomic mass is 35.5. The van der Waals surface area contributed by atoms with E-state index in [1.807, 2.05) is 12.1 Å². The summed E-state index contributed by atoms with van der Waals surface area (Å²) in [5, 5.41) is 3.84. The quantitative estimate of drug-likeness (QED) is 0.894. The molecule has 0 heterocycles. The molecule has 4 heteroatoms. The number of halogens is 1. The molecule has 0 atom stereocenters. The summed E-state index contributed by atoms with van der Waals surface area (Å²) in [6.45, 7) is 0.983. The highest BCUT2D eigenvalue weighted by Crippen LogP contribution is 2.29. The van der Waals surface area contributed by atoms with Crippen LogP contribution < -0.4 is 5.32 Å². The maximum Gasteiger partial charge on any atom is 0.254 e. The maximum atomic E-state index is 11.9. The fraction of sp³-hybridized carbons (Fsp3) is 0.462. The van der Waals surface area contributed by atoms with Gasteiger partial charge in [-0.15, -0.1) is 0 Å². The summed E-state index contributed by atoms with van der Waals surface area (Å²) in [4.78, 5) is 13.4. The van der Waals surface area contributed by atoms with E-state index in [4.69, 9.17) is 11.6 Å². The van der Waals surface area contributed by atoms with Gasteiger partial charge in [0.2, 0.25) is 0 Å². The van der Waals surface area contributed by atoms with Gasteiger partial charge in [-0.2, -0.15) is 0 Å². The molecule has 1 amide bonds. The van der Waals surface area contributed by atoms with Gasteiger partial charge in [0.1, 0.15) is 0 Å². The predicted molar refractivity (Wildman–Crippen MR) is 70.7 cm³/mol. The van der Waals surface area contributed by atoms with Gasteiger partial charge in [-0.3, -0.25) is 4.79 Å². The summed E-state index contributed by atoms with van der Waals surface area (Å²) in [6, 6.07) is 5.51. The van der Waals surface area contributed by atoms with Crippen molar-refractivity contribution in [2.45, 2.75) is 12.8 Å². The first-order valence-electron chi connectivity index (χ1n) is 5.83. The van der Waals surface area contributed by atoms with Crippen molar-refractivity contribution in [2.24, 2.45) is 5.92 Å². The summed E-state index contributed by atoms with van der Waals surface area (Å²) in [7, 11) is 3.45. The molecule has 0 aromatic heterocycles. The molecule has 0 saturated heterocycles. The zero-order valence-corrected chi connectivity index (χ0v) is 10.9. The SMILES string of the molecule is CN(C)C(=O)c1cc(NCC2CC2)ccc1Cl. The molecular formula is C13H17ClN2O. The Balaban J connectivity index is 2.12. The largest absolute Gasteiger partial charge is 0.385 e. The van der Waals surface area contributed by atoms with Crippen molar-refractivity contribution < 1.29 is 4.79 Å². The second-order valence-electron chi connectivity index (χ2n) is 4.72. The van der Waals surface area contributed by atoms with Crippen molar-refractivity contribution >= 4 is 23.2 Å². The zero-order chi connectivity index (χ0) is 12.4. The molecule has 1 aromatic carbocycles. The van der Waals surface area contributed by atoms with E-state index in [1.54, 1.807) is 20.2 Å². The zero-order valence-electron chi connectivity index (χ0n) is 10.2. The minimum atomic E-state index is -0.0647. The summed E-state index contributed by atoms with van der Waals surface area (Å²) in [5.74, 6) is 0.740. The van der Waals surface area contributed by atoms with E-state index in [-0.39, 0.29) is 5.91 Å². The lowest BCUT2D eigenvalue weighted by Gasteiger charge is -2.13. The topological polar surface area (TPSA) is 32.3 Å². The molecule has 1 aliphatic carbocycles. The van der Waals surface area contributed by atoms with Crippen LogP contribution in [0.1, 0.15) is 23.2 Å². The van der Waals surface area contributed by atoms with Crippen LogP contribution in [0.3, 0.4) is 0 Å². The van der Waals surface area contributed by atoms with Gasteiger partial charge in [0.15, 0.2) is 0 Å². The number of anilines is 1. The van der Waals surface area contributed by atoms with Crippen LogP contribution in [0.5, 0.6) is 0 Å². The summed E-state index contributed by atoms with van der Waals surface area (Å²) < 4.78 is 0. The van der Waals surface area contributed by atoms with Crippen molar-refractivity contribution in [3.8, 4) is 0 Å². The van der Waals surface area contributed by atoms with E-state index in [1.165, 1.54) is 17.7 Å². The molecule has 1 N–H and O–H groups in total. The lowest BCUT2D eigenvalue weighted by molar-refractivity contribution is 0.0828. The first-order chi connectivity index (χ1) is 8.08. The van der Waals surface area contributed by atoms with Crippen molar-refractivity contribution in [3.05, 3.63) is 28.8 Å². The van der Waals surface area contributed by atoms with Crippen LogP contribution in [-0.2, 0) is 0 Å². The third-order valence-corrected chi connectivity index (χ3v) is 3.22. The van der Waals surface area contributed by atoms with Crippen LogP contribution in [0.15, 0.2) is 18.2 Å². The van der Waals surface area contributed by atoms with Crippen LogP contribution in [0.25, 0.3) is 0 Å². The normalized spacial score (nSPS) is 14.5. The molecule has 0 unspecified atom stereocenters. The van der Waals surface area contributed by atoms with Gasteiger partial charge in [0.25, 0.3) is 5.91 Å². The monoisotopic (exact) mass is 252 g/mol. The third kappa shape index (κ3) is 3.13. The van der Waals surface area contributed by atoms with E-state index < -0.39 is 0 Å². The van der Waals surface area contributed by atoms with E-state index in [0.29, 0.717) is 10.6 Å². The first-order valence-corrected chi connectivity index (χ1v) is 6.21. The highest BCUT2D eigenvalue weighted by Gasteiger charge is 2.21. The van der Waals surface area contributed by atoms with Crippen LogP contribution in [0.2, 0.25) is 5.02 Å². The van der Waals surface area contributed by atoms with Crippen molar-refractivity contribution in [1.29, 1.82) is 0 Å². The van der Waals surface area contributed by atoms with Gasteiger partial charge < -0.3 is 10.2 Å². The molecule has 0 aliphatic heterocycles. The summed E-state index contributed by atoms with van der Waals surface area (Å²) in [5.41, 5.74) is 1.52. The number of benzene rings is 1. The molecule has 1 saturated carbocycles. The number of rotatable bonds is 4. The summed E-state index contributed by atoms with van der Waals surface area (Å²) in [6.07, 6.45) is 2.62. The standard InChI is InChI=1S/C13H17ClN2O/c1-16(2)13(17)11-7-10(5-6-12(11)14)15-8-9-3-4-9/h5-7,9,15H,3-4,8H2,1-2H3. The average Bonchev–Trinajstić information content (AvgIpc) is 3.11. The lowest BCUT2D eigenvalue weighted by atomic mass is 10.1. The Labute approximate surface area is 107 Å². The molecule has 0 bridgehead atoms. The van der Waals surface area contributed by atoms with Crippen LogP contribution in [0.4, 0.5) is 5.69 Å². The molecule has 92 valence electrons. The third-order valence-electron chi connectivity index (χ3n) is 2.89. The fourth-order valence-electron chi connectivity index (χ4n) is 1.62. The van der Waals surface area contributed by atoms with E-state index in [2.05, 4.69) is 5.32 Å². The Kier molecular flexibility index (Phi) is 3.57. The Morgan fingerprint density at radius 1 is 1.47 bits per heavy atom. The Morgan fingerprint density at radius 2 is 2.18 bits per heavy atom. The predicted octanol–water partition coefficient (Wildman–Crippen LogP) is 2.86. The first kappa shape index (κ1) is 12.2. The van der Waals surface area contributed by atoms with Crippen LogP contribution >= 0.6 is 11.6 Å². The number of nitrogens with zero attached hydrogens (tertiary/aromatic N) is 1.